The summed E-state index contributed by atoms with van der Waals surface area (Å²) in [6.07, 6.45) is -1.27. The largest absolute Gasteiger partial charge is 0.483 e. The molecule has 1 aromatic heterocycles. The van der Waals surface area contributed by atoms with E-state index in [-0.39, 0.29) is 30.9 Å². The molecule has 0 spiro atoms. The van der Waals surface area contributed by atoms with E-state index in [1.165, 1.54) is 23.3 Å². The van der Waals surface area contributed by atoms with Crippen LogP contribution in [-0.4, -0.2) is 46.9 Å². The average Bonchev–Trinajstić information content (AvgIpc) is 3.03. The van der Waals surface area contributed by atoms with Crippen molar-refractivity contribution < 1.29 is 28.0 Å². The van der Waals surface area contributed by atoms with E-state index in [1.54, 1.807) is 26.8 Å². The zero-order valence-corrected chi connectivity index (χ0v) is 15.3. The molecule has 0 bridgehead atoms. The number of carbonyl (C=O) groups is 1. The molecule has 0 radical (unpaired) electrons. The minimum atomic E-state index is -1.46. The molecule has 1 saturated heterocycles. The summed E-state index contributed by atoms with van der Waals surface area (Å²) >= 11 is 0. The van der Waals surface area contributed by atoms with E-state index in [1.807, 2.05) is 0 Å². The summed E-state index contributed by atoms with van der Waals surface area (Å²) in [5, 5.41) is 11.6. The van der Waals surface area contributed by atoms with Crippen LogP contribution >= 0.6 is 0 Å². The van der Waals surface area contributed by atoms with E-state index in [9.17, 15) is 19.3 Å². The van der Waals surface area contributed by atoms with Gasteiger partial charge in [-0.05, 0) is 26.8 Å². The molecule has 2 atom stereocenters. The summed E-state index contributed by atoms with van der Waals surface area (Å²) < 4.78 is 30.9. The molecule has 0 saturated carbocycles. The number of nitrogens with zero attached hydrogens (tertiary/aromatic N) is 2. The standard InChI is InChI=1S/C18H21FN2O6/c1-18(2,3)27-17(22)20-6-4-14(13(19)10-20)26-15-9-12(21(23)24)8-11-5-7-25-16(11)15/h5,7-9,13-14H,4,6,10H2,1-3H3/t13-,14-/m0/s1. The van der Waals surface area contributed by atoms with Crippen LogP contribution in [0.2, 0.25) is 0 Å². The third-order valence-corrected chi connectivity index (χ3v) is 4.12. The molecule has 1 fully saturated rings. The number of piperidine rings is 1. The van der Waals surface area contributed by atoms with Gasteiger partial charge < -0.3 is 18.8 Å². The molecular formula is C18H21FN2O6. The van der Waals surface area contributed by atoms with E-state index in [2.05, 4.69) is 0 Å². The highest BCUT2D eigenvalue weighted by Crippen LogP contribution is 2.34. The fraction of sp³-hybridized carbons (Fsp3) is 0.500. The Labute approximate surface area is 155 Å². The second kappa shape index (κ2) is 7.05. The van der Waals surface area contributed by atoms with E-state index in [0.29, 0.717) is 11.0 Å². The Hall–Kier alpha value is -2.84. The Bertz CT molecular complexity index is 859. The van der Waals surface area contributed by atoms with Crippen molar-refractivity contribution in [2.45, 2.75) is 45.1 Å². The van der Waals surface area contributed by atoms with Crippen LogP contribution in [0.1, 0.15) is 27.2 Å². The molecule has 1 aliphatic heterocycles. The van der Waals surface area contributed by atoms with Crippen molar-refractivity contribution in [1.82, 2.24) is 4.90 Å². The molecule has 2 heterocycles. The predicted octanol–water partition coefficient (Wildman–Crippen LogP) is 4.07. The van der Waals surface area contributed by atoms with Crippen LogP contribution in [0.3, 0.4) is 0 Å². The van der Waals surface area contributed by atoms with Crippen LogP contribution in [0.5, 0.6) is 5.75 Å². The number of benzene rings is 1. The molecule has 0 N–H and O–H groups in total. The molecule has 27 heavy (non-hydrogen) atoms. The van der Waals surface area contributed by atoms with Gasteiger partial charge in [0.05, 0.1) is 23.8 Å². The highest BCUT2D eigenvalue weighted by Gasteiger charge is 2.35. The highest BCUT2D eigenvalue weighted by molar-refractivity contribution is 5.85. The molecule has 1 amide bonds. The summed E-state index contributed by atoms with van der Waals surface area (Å²) in [7, 11) is 0. The number of carbonyl (C=O) groups excluding carboxylic acids is 1. The van der Waals surface area contributed by atoms with E-state index in [4.69, 9.17) is 13.9 Å². The first kappa shape index (κ1) is 18.9. The maximum atomic E-state index is 14.6. The summed E-state index contributed by atoms with van der Waals surface area (Å²) in [6.45, 7) is 5.31. The highest BCUT2D eigenvalue weighted by atomic mass is 19.1. The molecule has 9 heteroatoms. The second-order valence-electron chi connectivity index (χ2n) is 7.43. The Morgan fingerprint density at radius 1 is 1.41 bits per heavy atom. The first-order valence-corrected chi connectivity index (χ1v) is 8.58. The van der Waals surface area contributed by atoms with Gasteiger partial charge >= 0.3 is 6.09 Å². The van der Waals surface area contributed by atoms with Gasteiger partial charge in [-0.25, -0.2) is 9.18 Å². The lowest BCUT2D eigenvalue weighted by Gasteiger charge is -2.35. The van der Waals surface area contributed by atoms with Crippen molar-refractivity contribution in [3.05, 3.63) is 34.6 Å². The smallest absolute Gasteiger partial charge is 0.410 e. The number of furan rings is 1. The van der Waals surface area contributed by atoms with Crippen molar-refractivity contribution >= 4 is 22.7 Å². The number of rotatable bonds is 3. The third-order valence-electron chi connectivity index (χ3n) is 4.12. The van der Waals surface area contributed by atoms with E-state index in [0.717, 1.165) is 0 Å². The minimum Gasteiger partial charge on any atom is -0.483 e. The Balaban J connectivity index is 1.73. The molecule has 146 valence electrons. The first-order chi connectivity index (χ1) is 12.6. The molecular weight excluding hydrogens is 359 g/mol. The number of non-ortho nitro benzene ring substituents is 1. The van der Waals surface area contributed by atoms with Crippen molar-refractivity contribution in [1.29, 1.82) is 0 Å². The predicted molar refractivity (Wildman–Crippen MR) is 94.6 cm³/mol. The number of likely N-dealkylation sites (tertiary alicyclic amines) is 1. The van der Waals surface area contributed by atoms with E-state index < -0.39 is 28.9 Å². The van der Waals surface area contributed by atoms with Gasteiger partial charge in [-0.1, -0.05) is 0 Å². The van der Waals surface area contributed by atoms with Gasteiger partial charge in [-0.15, -0.1) is 0 Å². The van der Waals surface area contributed by atoms with Gasteiger partial charge in [0.2, 0.25) is 0 Å². The Morgan fingerprint density at radius 3 is 2.78 bits per heavy atom. The van der Waals surface area contributed by atoms with Gasteiger partial charge in [-0.2, -0.15) is 0 Å². The number of alkyl halides is 1. The third kappa shape index (κ3) is 4.29. The van der Waals surface area contributed by atoms with Gasteiger partial charge in [-0.3, -0.25) is 10.1 Å². The van der Waals surface area contributed by atoms with Crippen LogP contribution in [0.4, 0.5) is 14.9 Å². The molecule has 1 aliphatic rings. The normalized spacial score (nSPS) is 20.5. The maximum absolute atomic E-state index is 14.6. The number of nitro benzene ring substituents is 1. The van der Waals surface area contributed by atoms with Crippen molar-refractivity contribution in [2.75, 3.05) is 13.1 Å². The van der Waals surface area contributed by atoms with Crippen LogP contribution in [0.25, 0.3) is 11.0 Å². The Kier molecular flexibility index (Phi) is 4.95. The van der Waals surface area contributed by atoms with Gasteiger partial charge in [0.1, 0.15) is 11.7 Å². The number of ether oxygens (including phenoxy) is 2. The average molecular weight is 380 g/mol. The molecule has 1 aromatic carbocycles. The monoisotopic (exact) mass is 380 g/mol. The number of hydrogen-bond donors (Lipinski definition) is 0. The van der Waals surface area contributed by atoms with Crippen molar-refractivity contribution in [3.8, 4) is 5.75 Å². The number of fused-ring (bicyclic) bond motifs is 1. The fourth-order valence-electron chi connectivity index (χ4n) is 2.90. The van der Waals surface area contributed by atoms with Crippen LogP contribution in [-0.2, 0) is 4.74 Å². The SMILES string of the molecule is CC(C)(C)OC(=O)N1CC[C@H](Oc2cc([N+](=O)[O-])cc3ccoc23)[C@@H](F)C1. The molecule has 2 aromatic rings. The summed E-state index contributed by atoms with van der Waals surface area (Å²) in [4.78, 5) is 23.9. The summed E-state index contributed by atoms with van der Waals surface area (Å²) in [6, 6.07) is 4.16. The minimum absolute atomic E-state index is 0.113. The topological polar surface area (TPSA) is 95.0 Å². The molecule has 0 unspecified atom stereocenters. The summed E-state index contributed by atoms with van der Waals surface area (Å²) in [5.41, 5.74) is -0.507. The zero-order chi connectivity index (χ0) is 19.8. The molecule has 0 aliphatic carbocycles. The van der Waals surface area contributed by atoms with Gasteiger partial charge in [0.15, 0.2) is 17.5 Å². The lowest BCUT2D eigenvalue weighted by Crippen LogP contribution is -2.50. The van der Waals surface area contributed by atoms with Crippen molar-refractivity contribution in [3.63, 3.8) is 0 Å². The van der Waals surface area contributed by atoms with Crippen molar-refractivity contribution in [2.24, 2.45) is 0 Å². The zero-order valence-electron chi connectivity index (χ0n) is 15.3. The fourth-order valence-corrected chi connectivity index (χ4v) is 2.90. The maximum Gasteiger partial charge on any atom is 0.410 e. The van der Waals surface area contributed by atoms with Gasteiger partial charge in [0, 0.05) is 24.4 Å². The first-order valence-electron chi connectivity index (χ1n) is 8.58. The van der Waals surface area contributed by atoms with Crippen LogP contribution < -0.4 is 4.74 Å². The molecule has 3 rings (SSSR count). The number of nitro groups is 1. The number of hydrogen-bond acceptors (Lipinski definition) is 6. The second-order valence-corrected chi connectivity index (χ2v) is 7.43. The Morgan fingerprint density at radius 2 is 2.15 bits per heavy atom. The van der Waals surface area contributed by atoms with E-state index >= 15 is 0 Å². The summed E-state index contributed by atoms with van der Waals surface area (Å²) in [5.74, 6) is 0.113. The quantitative estimate of drug-likeness (QED) is 0.588. The molecule has 8 nitrogen and oxygen atoms in total. The lowest BCUT2D eigenvalue weighted by atomic mass is 10.1. The number of halogens is 1. The van der Waals surface area contributed by atoms with Crippen LogP contribution in [0.15, 0.2) is 28.9 Å². The lowest BCUT2D eigenvalue weighted by molar-refractivity contribution is -0.384. The number of amides is 1. The van der Waals surface area contributed by atoms with Gasteiger partial charge in [0.25, 0.3) is 5.69 Å². The van der Waals surface area contributed by atoms with Crippen LogP contribution in [0, 0.1) is 10.1 Å².